The molecule has 0 fully saturated rings. The van der Waals surface area contributed by atoms with Crippen LogP contribution in [0, 0.1) is 0 Å². The Balaban J connectivity index is 2.05. The SMILES string of the molecule is CCCc1ccccc1NCC(O)c1ccc(O)c(CO)c1. The van der Waals surface area contributed by atoms with Crippen molar-refractivity contribution >= 4 is 5.69 Å². The summed E-state index contributed by atoms with van der Waals surface area (Å²) in [5, 5.41) is 32.3. The summed E-state index contributed by atoms with van der Waals surface area (Å²) in [6.45, 7) is 2.26. The van der Waals surface area contributed by atoms with Crippen molar-refractivity contribution in [1.82, 2.24) is 0 Å². The van der Waals surface area contributed by atoms with Crippen molar-refractivity contribution in [3.63, 3.8) is 0 Å². The van der Waals surface area contributed by atoms with Crippen LogP contribution in [0.5, 0.6) is 5.75 Å². The smallest absolute Gasteiger partial charge is 0.121 e. The fourth-order valence-corrected chi connectivity index (χ4v) is 2.44. The van der Waals surface area contributed by atoms with Crippen molar-refractivity contribution in [2.75, 3.05) is 11.9 Å². The van der Waals surface area contributed by atoms with E-state index in [2.05, 4.69) is 18.3 Å². The quantitative estimate of drug-likeness (QED) is 0.634. The lowest BCUT2D eigenvalue weighted by molar-refractivity contribution is 0.191. The van der Waals surface area contributed by atoms with Crippen LogP contribution in [-0.2, 0) is 13.0 Å². The topological polar surface area (TPSA) is 72.7 Å². The minimum Gasteiger partial charge on any atom is -0.508 e. The van der Waals surface area contributed by atoms with E-state index in [-0.39, 0.29) is 12.4 Å². The highest BCUT2D eigenvalue weighted by atomic mass is 16.3. The van der Waals surface area contributed by atoms with Gasteiger partial charge in [-0.05, 0) is 35.7 Å². The molecule has 0 aromatic heterocycles. The van der Waals surface area contributed by atoms with E-state index >= 15 is 0 Å². The summed E-state index contributed by atoms with van der Waals surface area (Å²) in [5.41, 5.74) is 3.36. The van der Waals surface area contributed by atoms with Crippen LogP contribution < -0.4 is 5.32 Å². The summed E-state index contributed by atoms with van der Waals surface area (Å²) < 4.78 is 0. The van der Waals surface area contributed by atoms with E-state index in [0.717, 1.165) is 18.5 Å². The van der Waals surface area contributed by atoms with Crippen molar-refractivity contribution in [3.05, 3.63) is 59.2 Å². The number of rotatable bonds is 7. The standard InChI is InChI=1S/C18H23NO3/c1-2-5-13-6-3-4-7-16(13)19-11-18(22)14-8-9-17(21)15(10-14)12-20/h3-4,6-10,18-22H,2,5,11-12H2,1H3. The Morgan fingerprint density at radius 3 is 2.59 bits per heavy atom. The number of aliphatic hydroxyl groups excluding tert-OH is 2. The predicted octanol–water partition coefficient (Wildman–Crippen LogP) is 2.98. The first-order chi connectivity index (χ1) is 10.7. The highest BCUT2D eigenvalue weighted by Crippen LogP contribution is 2.24. The van der Waals surface area contributed by atoms with Crippen LogP contribution in [0.1, 0.15) is 36.1 Å². The molecule has 0 saturated carbocycles. The number of aromatic hydroxyl groups is 1. The first-order valence-electron chi connectivity index (χ1n) is 7.58. The van der Waals surface area contributed by atoms with Crippen LogP contribution in [-0.4, -0.2) is 21.9 Å². The summed E-state index contributed by atoms with van der Waals surface area (Å²) in [7, 11) is 0. The Hall–Kier alpha value is -2.04. The van der Waals surface area contributed by atoms with E-state index < -0.39 is 6.10 Å². The summed E-state index contributed by atoms with van der Waals surface area (Å²) >= 11 is 0. The molecule has 0 heterocycles. The van der Waals surface area contributed by atoms with Crippen LogP contribution in [0.15, 0.2) is 42.5 Å². The summed E-state index contributed by atoms with van der Waals surface area (Å²) in [6.07, 6.45) is 1.35. The molecule has 0 saturated heterocycles. The second kappa shape index (κ2) is 7.82. The molecule has 0 aliphatic heterocycles. The number of phenols is 1. The molecule has 0 radical (unpaired) electrons. The monoisotopic (exact) mass is 301 g/mol. The van der Waals surface area contributed by atoms with Crippen molar-refractivity contribution in [3.8, 4) is 5.75 Å². The van der Waals surface area contributed by atoms with Gasteiger partial charge >= 0.3 is 0 Å². The molecule has 118 valence electrons. The van der Waals surface area contributed by atoms with Gasteiger partial charge in [0.05, 0.1) is 12.7 Å². The molecule has 0 spiro atoms. The van der Waals surface area contributed by atoms with E-state index in [0.29, 0.717) is 17.7 Å². The van der Waals surface area contributed by atoms with E-state index in [1.165, 1.54) is 11.6 Å². The first-order valence-corrected chi connectivity index (χ1v) is 7.58. The minimum atomic E-state index is -0.708. The minimum absolute atomic E-state index is 0.0414. The lowest BCUT2D eigenvalue weighted by atomic mass is 10.0. The molecule has 2 rings (SSSR count). The molecule has 0 aliphatic rings. The van der Waals surface area contributed by atoms with Gasteiger partial charge in [-0.2, -0.15) is 0 Å². The fraction of sp³-hybridized carbons (Fsp3) is 0.333. The van der Waals surface area contributed by atoms with Gasteiger partial charge in [-0.15, -0.1) is 0 Å². The van der Waals surface area contributed by atoms with Crippen LogP contribution in [0.3, 0.4) is 0 Å². The number of hydrogen-bond donors (Lipinski definition) is 4. The summed E-state index contributed by atoms with van der Waals surface area (Å²) in [6, 6.07) is 12.9. The fourth-order valence-electron chi connectivity index (χ4n) is 2.44. The van der Waals surface area contributed by atoms with E-state index in [1.54, 1.807) is 12.1 Å². The molecule has 4 heteroatoms. The van der Waals surface area contributed by atoms with E-state index in [4.69, 9.17) is 0 Å². The Morgan fingerprint density at radius 2 is 1.86 bits per heavy atom. The van der Waals surface area contributed by atoms with Crippen LogP contribution in [0.25, 0.3) is 0 Å². The molecule has 0 amide bonds. The number of nitrogens with one attached hydrogen (secondary N) is 1. The van der Waals surface area contributed by atoms with Crippen molar-refractivity contribution in [2.45, 2.75) is 32.5 Å². The molecule has 4 N–H and O–H groups in total. The second-order valence-electron chi connectivity index (χ2n) is 5.35. The van der Waals surface area contributed by atoms with Gasteiger partial charge in [-0.1, -0.05) is 37.6 Å². The number of benzene rings is 2. The van der Waals surface area contributed by atoms with Gasteiger partial charge in [0, 0.05) is 17.8 Å². The average molecular weight is 301 g/mol. The van der Waals surface area contributed by atoms with Gasteiger partial charge in [0.1, 0.15) is 5.75 Å². The predicted molar refractivity (Wildman–Crippen MR) is 87.9 cm³/mol. The lowest BCUT2D eigenvalue weighted by Gasteiger charge is -2.16. The lowest BCUT2D eigenvalue weighted by Crippen LogP contribution is -2.13. The molecule has 0 bridgehead atoms. The maximum Gasteiger partial charge on any atom is 0.121 e. The Kier molecular flexibility index (Phi) is 5.81. The summed E-state index contributed by atoms with van der Waals surface area (Å²) in [5.74, 6) is 0.0414. The number of aryl methyl sites for hydroxylation is 1. The normalized spacial score (nSPS) is 12.1. The number of hydrogen-bond acceptors (Lipinski definition) is 4. The molecular weight excluding hydrogens is 278 g/mol. The van der Waals surface area contributed by atoms with Crippen LogP contribution >= 0.6 is 0 Å². The highest BCUT2D eigenvalue weighted by Gasteiger charge is 2.11. The molecule has 4 nitrogen and oxygen atoms in total. The van der Waals surface area contributed by atoms with Gasteiger partial charge in [0.2, 0.25) is 0 Å². The van der Waals surface area contributed by atoms with Crippen LogP contribution in [0.2, 0.25) is 0 Å². The molecule has 1 atom stereocenters. The third-order valence-electron chi connectivity index (χ3n) is 3.68. The third-order valence-corrected chi connectivity index (χ3v) is 3.68. The zero-order valence-electron chi connectivity index (χ0n) is 12.8. The first kappa shape index (κ1) is 16.3. The summed E-state index contributed by atoms with van der Waals surface area (Å²) in [4.78, 5) is 0. The average Bonchev–Trinajstić information content (AvgIpc) is 2.54. The molecule has 2 aromatic carbocycles. The van der Waals surface area contributed by atoms with Crippen molar-refractivity contribution < 1.29 is 15.3 Å². The highest BCUT2D eigenvalue weighted by molar-refractivity contribution is 5.51. The molecule has 22 heavy (non-hydrogen) atoms. The Labute approximate surface area is 131 Å². The van der Waals surface area contributed by atoms with Crippen LogP contribution in [0.4, 0.5) is 5.69 Å². The number of anilines is 1. The largest absolute Gasteiger partial charge is 0.508 e. The second-order valence-corrected chi connectivity index (χ2v) is 5.35. The van der Waals surface area contributed by atoms with E-state index in [1.807, 2.05) is 18.2 Å². The molecular formula is C18H23NO3. The van der Waals surface area contributed by atoms with E-state index in [9.17, 15) is 15.3 Å². The zero-order valence-corrected chi connectivity index (χ0v) is 12.8. The number of aliphatic hydroxyl groups is 2. The molecule has 0 aliphatic carbocycles. The van der Waals surface area contributed by atoms with Crippen molar-refractivity contribution in [1.29, 1.82) is 0 Å². The Bertz CT molecular complexity index is 613. The molecule has 2 aromatic rings. The van der Waals surface area contributed by atoms with Gasteiger partial charge in [-0.3, -0.25) is 0 Å². The third kappa shape index (κ3) is 4.00. The maximum atomic E-state index is 10.3. The van der Waals surface area contributed by atoms with Crippen molar-refractivity contribution in [2.24, 2.45) is 0 Å². The molecule has 1 unspecified atom stereocenters. The Morgan fingerprint density at radius 1 is 1.09 bits per heavy atom. The van der Waals surface area contributed by atoms with Gasteiger partial charge in [0.25, 0.3) is 0 Å². The zero-order chi connectivity index (χ0) is 15.9. The number of para-hydroxylation sites is 1. The maximum absolute atomic E-state index is 10.3. The van der Waals surface area contributed by atoms with Gasteiger partial charge < -0.3 is 20.6 Å². The van der Waals surface area contributed by atoms with Gasteiger partial charge in [0.15, 0.2) is 0 Å². The van der Waals surface area contributed by atoms with Gasteiger partial charge in [-0.25, -0.2) is 0 Å².